The first-order valence-electron chi connectivity index (χ1n) is 5.57. The Hall–Kier alpha value is -1.16. The van der Waals surface area contributed by atoms with E-state index in [1.165, 1.54) is 6.33 Å². The second-order valence-corrected chi connectivity index (χ2v) is 5.24. The van der Waals surface area contributed by atoms with Crippen LogP contribution in [0.4, 0.5) is 0 Å². The van der Waals surface area contributed by atoms with Crippen LogP contribution in [0.3, 0.4) is 0 Å². The van der Waals surface area contributed by atoms with Gasteiger partial charge < -0.3 is 5.32 Å². The summed E-state index contributed by atoms with van der Waals surface area (Å²) < 4.78 is 0. The molecule has 0 radical (unpaired) electrons. The molecule has 0 atom stereocenters. The summed E-state index contributed by atoms with van der Waals surface area (Å²) in [7, 11) is 0. The van der Waals surface area contributed by atoms with Crippen molar-refractivity contribution in [1.82, 2.24) is 15.3 Å². The van der Waals surface area contributed by atoms with Gasteiger partial charge in [-0.05, 0) is 0 Å². The normalized spacial score (nSPS) is 11.3. The number of nitrogens with zero attached hydrogens (tertiary/aromatic N) is 2. The Morgan fingerprint density at radius 1 is 1.47 bits per heavy atom. The van der Waals surface area contributed by atoms with Crippen molar-refractivity contribution in [3.63, 3.8) is 0 Å². The highest BCUT2D eigenvalue weighted by Gasteiger charge is 2.19. The van der Waals surface area contributed by atoms with Crippen molar-refractivity contribution >= 4 is 17.5 Å². The highest BCUT2D eigenvalue weighted by Crippen LogP contribution is 2.22. The predicted molar refractivity (Wildman–Crippen MR) is 67.9 cm³/mol. The van der Waals surface area contributed by atoms with E-state index in [-0.39, 0.29) is 11.3 Å². The smallest absolute Gasteiger partial charge is 0.221 e. The zero-order valence-corrected chi connectivity index (χ0v) is 11.2. The lowest BCUT2D eigenvalue weighted by Crippen LogP contribution is -2.26. The molecule has 1 rings (SSSR count). The Bertz CT molecular complexity index is 388. The summed E-state index contributed by atoms with van der Waals surface area (Å²) in [5.41, 5.74) is 1.84. The molecule has 4 nitrogen and oxygen atoms in total. The topological polar surface area (TPSA) is 54.9 Å². The van der Waals surface area contributed by atoms with Gasteiger partial charge in [-0.25, -0.2) is 9.97 Å². The number of rotatable bonds is 4. The van der Waals surface area contributed by atoms with E-state index in [0.717, 1.165) is 11.3 Å². The van der Waals surface area contributed by atoms with E-state index in [1.54, 1.807) is 6.20 Å². The molecule has 0 saturated heterocycles. The van der Waals surface area contributed by atoms with Gasteiger partial charge in [0.2, 0.25) is 5.91 Å². The number of halogens is 1. The molecule has 1 heterocycles. The minimum Gasteiger partial charge on any atom is -0.352 e. The van der Waals surface area contributed by atoms with Crippen molar-refractivity contribution in [3.05, 3.63) is 23.8 Å². The lowest BCUT2D eigenvalue weighted by Gasteiger charge is -2.20. The van der Waals surface area contributed by atoms with E-state index in [1.807, 2.05) is 0 Å². The summed E-state index contributed by atoms with van der Waals surface area (Å²) in [4.78, 5) is 19.6. The van der Waals surface area contributed by atoms with E-state index in [4.69, 9.17) is 11.6 Å². The fourth-order valence-corrected chi connectivity index (χ4v) is 1.70. The van der Waals surface area contributed by atoms with E-state index >= 15 is 0 Å². The second-order valence-electron chi connectivity index (χ2n) is 4.86. The summed E-state index contributed by atoms with van der Waals surface area (Å²) in [5.74, 6) is 0.284. The van der Waals surface area contributed by atoms with Crippen LogP contribution in [0.15, 0.2) is 12.5 Å². The summed E-state index contributed by atoms with van der Waals surface area (Å²) >= 11 is 5.50. The largest absolute Gasteiger partial charge is 0.352 e. The lowest BCUT2D eigenvalue weighted by atomic mass is 9.89. The Kier molecular flexibility index (Phi) is 4.87. The molecule has 0 aliphatic carbocycles. The molecule has 0 unspecified atom stereocenters. The minimum absolute atomic E-state index is 0.0521. The fourth-order valence-electron chi connectivity index (χ4n) is 1.53. The van der Waals surface area contributed by atoms with E-state index in [0.29, 0.717) is 18.8 Å². The highest BCUT2D eigenvalue weighted by molar-refractivity contribution is 6.18. The molecule has 5 heteroatoms. The average molecular weight is 256 g/mol. The molecule has 1 aromatic heterocycles. The van der Waals surface area contributed by atoms with Crippen LogP contribution in [0.5, 0.6) is 0 Å². The molecular formula is C12H18ClN3O. The molecule has 0 fully saturated rings. The molecule has 1 N–H and O–H groups in total. The number of aromatic nitrogens is 2. The maximum atomic E-state index is 11.3. The molecule has 1 aromatic rings. The Morgan fingerprint density at radius 2 is 2.18 bits per heavy atom. The van der Waals surface area contributed by atoms with Crippen LogP contribution in [0, 0.1) is 0 Å². The monoisotopic (exact) mass is 255 g/mol. The van der Waals surface area contributed by atoms with Gasteiger partial charge in [-0.2, -0.15) is 0 Å². The molecule has 0 aromatic carbocycles. The van der Waals surface area contributed by atoms with Crippen molar-refractivity contribution in [2.24, 2.45) is 0 Å². The van der Waals surface area contributed by atoms with Crippen LogP contribution in [0.1, 0.15) is 38.4 Å². The third kappa shape index (κ3) is 4.30. The zero-order chi connectivity index (χ0) is 12.9. The maximum Gasteiger partial charge on any atom is 0.221 e. The average Bonchev–Trinajstić information content (AvgIpc) is 2.26. The summed E-state index contributed by atoms with van der Waals surface area (Å²) in [5, 5.41) is 2.81. The fraction of sp³-hybridized carbons (Fsp3) is 0.583. The van der Waals surface area contributed by atoms with Crippen molar-refractivity contribution < 1.29 is 4.79 Å². The molecule has 0 bridgehead atoms. The van der Waals surface area contributed by atoms with E-state index < -0.39 is 0 Å². The van der Waals surface area contributed by atoms with Crippen LogP contribution in [0.25, 0.3) is 0 Å². The second kappa shape index (κ2) is 5.96. The quantitative estimate of drug-likeness (QED) is 0.838. The SMILES string of the molecule is CC(C)(C)c1ncncc1CNC(=O)CCCl. The number of hydrogen-bond donors (Lipinski definition) is 1. The zero-order valence-electron chi connectivity index (χ0n) is 10.5. The molecule has 94 valence electrons. The number of alkyl halides is 1. The standard InChI is InChI=1S/C12H18ClN3O/c1-12(2,3)11-9(6-14-8-16-11)7-15-10(17)4-5-13/h6,8H,4-5,7H2,1-3H3,(H,15,17). The number of hydrogen-bond acceptors (Lipinski definition) is 3. The summed E-state index contributed by atoms with van der Waals surface area (Å²) in [6.07, 6.45) is 3.61. The molecule has 0 aliphatic rings. The third-order valence-corrected chi connectivity index (χ3v) is 2.48. The molecule has 0 spiro atoms. The molecule has 0 saturated carbocycles. The number of carbonyl (C=O) groups is 1. The van der Waals surface area contributed by atoms with Gasteiger partial charge in [0.25, 0.3) is 0 Å². The summed E-state index contributed by atoms with van der Waals surface area (Å²) in [6.45, 7) is 6.70. The van der Waals surface area contributed by atoms with Gasteiger partial charge in [-0.3, -0.25) is 4.79 Å². The van der Waals surface area contributed by atoms with Gasteiger partial charge >= 0.3 is 0 Å². The van der Waals surface area contributed by atoms with Crippen molar-refractivity contribution in [3.8, 4) is 0 Å². The number of nitrogens with one attached hydrogen (secondary N) is 1. The molecular weight excluding hydrogens is 238 g/mol. The first kappa shape index (κ1) is 13.9. The van der Waals surface area contributed by atoms with Crippen LogP contribution in [-0.2, 0) is 16.8 Å². The van der Waals surface area contributed by atoms with Gasteiger partial charge in [0.1, 0.15) is 6.33 Å². The molecule has 0 aliphatic heterocycles. The maximum absolute atomic E-state index is 11.3. The highest BCUT2D eigenvalue weighted by atomic mass is 35.5. The number of amides is 1. The van der Waals surface area contributed by atoms with Gasteiger partial charge in [-0.15, -0.1) is 11.6 Å². The van der Waals surface area contributed by atoms with Crippen molar-refractivity contribution in [2.75, 3.05) is 5.88 Å². The Morgan fingerprint density at radius 3 is 2.76 bits per heavy atom. The van der Waals surface area contributed by atoms with Crippen molar-refractivity contribution in [1.29, 1.82) is 0 Å². The minimum atomic E-state index is -0.0600. The summed E-state index contributed by atoms with van der Waals surface area (Å²) in [6, 6.07) is 0. The first-order chi connectivity index (χ1) is 7.95. The van der Waals surface area contributed by atoms with Crippen LogP contribution in [0.2, 0.25) is 0 Å². The van der Waals surface area contributed by atoms with E-state index in [2.05, 4.69) is 36.1 Å². The number of carbonyl (C=O) groups excluding carboxylic acids is 1. The van der Waals surface area contributed by atoms with Gasteiger partial charge in [0.05, 0.1) is 5.69 Å². The molecule has 1 amide bonds. The first-order valence-corrected chi connectivity index (χ1v) is 6.10. The Labute approximate surface area is 107 Å². The van der Waals surface area contributed by atoms with Gasteiger partial charge in [-0.1, -0.05) is 20.8 Å². The van der Waals surface area contributed by atoms with E-state index in [9.17, 15) is 4.79 Å². The Balaban J connectivity index is 2.74. The predicted octanol–water partition coefficient (Wildman–Crippen LogP) is 2.02. The van der Waals surface area contributed by atoms with Crippen LogP contribution >= 0.6 is 11.6 Å². The van der Waals surface area contributed by atoms with Crippen LogP contribution in [-0.4, -0.2) is 21.8 Å². The third-order valence-electron chi connectivity index (χ3n) is 2.30. The van der Waals surface area contributed by atoms with Crippen molar-refractivity contribution in [2.45, 2.75) is 39.2 Å². The van der Waals surface area contributed by atoms with Gasteiger partial charge in [0, 0.05) is 36.0 Å². The van der Waals surface area contributed by atoms with Crippen LogP contribution < -0.4 is 5.32 Å². The van der Waals surface area contributed by atoms with Gasteiger partial charge in [0.15, 0.2) is 0 Å². The molecule has 17 heavy (non-hydrogen) atoms. The lowest BCUT2D eigenvalue weighted by molar-refractivity contribution is -0.120.